The monoisotopic (exact) mass is 222 g/mol. The number of aliphatic hydroxyl groups excluding tert-OH is 1. The van der Waals surface area contributed by atoms with E-state index in [9.17, 15) is 0 Å². The first-order valence-electron chi connectivity index (χ1n) is 6.75. The molecule has 0 saturated heterocycles. The Morgan fingerprint density at radius 1 is 1.31 bits per heavy atom. The number of aliphatic hydroxyl groups is 1. The van der Waals surface area contributed by atoms with Crippen molar-refractivity contribution in [1.29, 1.82) is 0 Å². The largest absolute Gasteiger partial charge is 0.396 e. The Morgan fingerprint density at radius 3 is 2.69 bits per heavy atom. The molecule has 0 radical (unpaired) electrons. The molecule has 5 aliphatic carbocycles. The summed E-state index contributed by atoms with van der Waals surface area (Å²) in [5.41, 5.74) is 3.40. The minimum Gasteiger partial charge on any atom is -0.396 e. The molecule has 5 aliphatic rings. The van der Waals surface area contributed by atoms with Crippen LogP contribution >= 0.6 is 0 Å². The number of hydrogen-bond acceptors (Lipinski definition) is 2. The molecule has 3 saturated carbocycles. The zero-order chi connectivity index (χ0) is 11.1. The second-order valence-corrected chi connectivity index (χ2v) is 5.74. The number of ether oxygens (including phenoxy) is 1. The summed E-state index contributed by atoms with van der Waals surface area (Å²) in [7, 11) is 0. The van der Waals surface area contributed by atoms with E-state index >= 15 is 0 Å². The van der Waals surface area contributed by atoms with Crippen LogP contribution in [0, 0.1) is 17.8 Å². The zero-order valence-corrected chi connectivity index (χ0v) is 10.1. The highest BCUT2D eigenvalue weighted by molar-refractivity contribution is 5.35. The maximum absolute atomic E-state index is 8.75. The maximum atomic E-state index is 8.75. The minimum absolute atomic E-state index is 0.243. The molecule has 2 nitrogen and oxygen atoms in total. The van der Waals surface area contributed by atoms with Crippen molar-refractivity contribution < 1.29 is 9.84 Å². The second-order valence-electron chi connectivity index (χ2n) is 5.74. The van der Waals surface area contributed by atoms with E-state index in [1.165, 1.54) is 25.7 Å². The van der Waals surface area contributed by atoms with Crippen LogP contribution in [-0.4, -0.2) is 24.4 Å². The van der Waals surface area contributed by atoms with Crippen molar-refractivity contribution in [3.63, 3.8) is 0 Å². The van der Waals surface area contributed by atoms with Crippen LogP contribution in [0.25, 0.3) is 0 Å². The van der Waals surface area contributed by atoms with Crippen molar-refractivity contribution in [1.82, 2.24) is 0 Å². The number of allylic oxidation sites excluding steroid dienone is 1. The van der Waals surface area contributed by atoms with Gasteiger partial charge in [-0.1, -0.05) is 5.57 Å². The quantitative estimate of drug-likeness (QED) is 0.572. The summed E-state index contributed by atoms with van der Waals surface area (Å²) in [6.45, 7) is 3.14. The molecule has 90 valence electrons. The van der Waals surface area contributed by atoms with Crippen molar-refractivity contribution in [2.75, 3.05) is 13.2 Å². The van der Waals surface area contributed by atoms with Crippen LogP contribution in [0.3, 0.4) is 0 Å². The molecule has 0 aromatic carbocycles. The Bertz CT molecular complexity index is 294. The van der Waals surface area contributed by atoms with Crippen LogP contribution < -0.4 is 0 Å². The smallest absolute Gasteiger partial charge is 0.0759 e. The predicted molar refractivity (Wildman–Crippen MR) is 63.1 cm³/mol. The highest BCUT2D eigenvalue weighted by Gasteiger charge is 2.48. The Morgan fingerprint density at radius 2 is 2.06 bits per heavy atom. The van der Waals surface area contributed by atoms with Gasteiger partial charge in [0.1, 0.15) is 0 Å². The van der Waals surface area contributed by atoms with E-state index in [1.807, 2.05) is 0 Å². The first kappa shape index (κ1) is 10.8. The van der Waals surface area contributed by atoms with E-state index in [0.29, 0.717) is 12.7 Å². The summed E-state index contributed by atoms with van der Waals surface area (Å²) in [4.78, 5) is 0. The lowest BCUT2D eigenvalue weighted by molar-refractivity contribution is 0.0501. The average Bonchev–Trinajstić information content (AvgIpc) is 2.28. The van der Waals surface area contributed by atoms with E-state index in [4.69, 9.17) is 9.84 Å². The highest BCUT2D eigenvalue weighted by Crippen LogP contribution is 2.59. The minimum atomic E-state index is 0.243. The molecule has 3 atom stereocenters. The lowest BCUT2D eigenvalue weighted by atomic mass is 9.51. The van der Waals surface area contributed by atoms with Crippen molar-refractivity contribution in [3.8, 4) is 0 Å². The average molecular weight is 222 g/mol. The number of hydrogen-bond donors (Lipinski definition) is 1. The maximum Gasteiger partial charge on any atom is 0.0759 e. The summed E-state index contributed by atoms with van der Waals surface area (Å²) in [6.07, 6.45) is 6.73. The van der Waals surface area contributed by atoms with Gasteiger partial charge in [0.25, 0.3) is 0 Å². The van der Waals surface area contributed by atoms with Gasteiger partial charge in [-0.3, -0.25) is 0 Å². The van der Waals surface area contributed by atoms with E-state index < -0.39 is 0 Å². The number of fused-ring (bicyclic) bond motifs is 1. The Balaban J connectivity index is 1.66. The van der Waals surface area contributed by atoms with Gasteiger partial charge in [-0.2, -0.15) is 0 Å². The van der Waals surface area contributed by atoms with E-state index in [2.05, 4.69) is 6.92 Å². The van der Waals surface area contributed by atoms with Gasteiger partial charge in [-0.25, -0.2) is 0 Å². The molecule has 0 aromatic heterocycles. The SMILES string of the molecule is CC(OCCCO)C1=C2C3CC(C1)CC2C3. The van der Waals surface area contributed by atoms with Gasteiger partial charge in [0, 0.05) is 13.2 Å². The molecule has 1 N–H and O–H groups in total. The fourth-order valence-electron chi connectivity index (χ4n) is 4.06. The highest BCUT2D eigenvalue weighted by atomic mass is 16.5. The third kappa shape index (κ3) is 1.63. The molecule has 3 unspecified atom stereocenters. The molecule has 16 heavy (non-hydrogen) atoms. The molecule has 2 heteroatoms. The van der Waals surface area contributed by atoms with Gasteiger partial charge in [0.15, 0.2) is 0 Å². The summed E-state index contributed by atoms with van der Waals surface area (Å²) >= 11 is 0. The summed E-state index contributed by atoms with van der Waals surface area (Å²) < 4.78 is 5.83. The van der Waals surface area contributed by atoms with Gasteiger partial charge >= 0.3 is 0 Å². The lowest BCUT2D eigenvalue weighted by Gasteiger charge is -2.54. The van der Waals surface area contributed by atoms with Crippen LogP contribution in [0.5, 0.6) is 0 Å². The van der Waals surface area contributed by atoms with Gasteiger partial charge in [-0.15, -0.1) is 0 Å². The summed E-state index contributed by atoms with van der Waals surface area (Å²) in [5.74, 6) is 2.81. The van der Waals surface area contributed by atoms with Crippen molar-refractivity contribution in [3.05, 3.63) is 11.1 Å². The van der Waals surface area contributed by atoms with Gasteiger partial charge < -0.3 is 9.84 Å². The van der Waals surface area contributed by atoms with Crippen molar-refractivity contribution in [2.24, 2.45) is 17.8 Å². The molecule has 0 aromatic rings. The van der Waals surface area contributed by atoms with Gasteiger partial charge in [0.2, 0.25) is 0 Å². The van der Waals surface area contributed by atoms with Crippen LogP contribution in [0.2, 0.25) is 0 Å². The Kier molecular flexibility index (Phi) is 2.80. The van der Waals surface area contributed by atoms with Crippen LogP contribution in [0.1, 0.15) is 39.0 Å². The second kappa shape index (κ2) is 4.15. The Labute approximate surface area is 97.7 Å². The van der Waals surface area contributed by atoms with Crippen LogP contribution in [0.15, 0.2) is 11.1 Å². The molecule has 0 amide bonds. The molecule has 0 spiro atoms. The molecular formula is C14H22O2. The first-order chi connectivity index (χ1) is 7.79. The third-order valence-corrected chi connectivity index (χ3v) is 4.72. The molecule has 3 fully saturated rings. The van der Waals surface area contributed by atoms with Crippen molar-refractivity contribution >= 4 is 0 Å². The lowest BCUT2D eigenvalue weighted by Crippen LogP contribution is -2.44. The molecule has 0 aliphatic heterocycles. The predicted octanol–water partition coefficient (Wildman–Crippen LogP) is 2.52. The fourth-order valence-corrected chi connectivity index (χ4v) is 4.06. The molecular weight excluding hydrogens is 200 g/mol. The van der Waals surface area contributed by atoms with Crippen molar-refractivity contribution in [2.45, 2.75) is 45.1 Å². The topological polar surface area (TPSA) is 29.5 Å². The summed E-state index contributed by atoms with van der Waals surface area (Å²) in [5, 5.41) is 8.75. The fraction of sp³-hybridized carbons (Fsp3) is 0.857. The molecule has 5 rings (SSSR count). The standard InChI is InChI=1S/C14H22O2/c1-9(16-4-2-3-15)13-7-10-5-11-8-12(6-10)14(11)13/h9-12,15H,2-8H2,1H3. The Hall–Kier alpha value is -0.340. The van der Waals surface area contributed by atoms with Crippen LogP contribution in [0.4, 0.5) is 0 Å². The number of rotatable bonds is 5. The van der Waals surface area contributed by atoms with E-state index in [1.54, 1.807) is 11.1 Å². The van der Waals surface area contributed by atoms with Gasteiger partial charge in [-0.05, 0) is 62.4 Å². The normalized spacial score (nSPS) is 37.5. The van der Waals surface area contributed by atoms with E-state index in [-0.39, 0.29) is 6.61 Å². The molecule has 0 heterocycles. The van der Waals surface area contributed by atoms with Crippen LogP contribution in [-0.2, 0) is 4.74 Å². The van der Waals surface area contributed by atoms with Gasteiger partial charge in [0.05, 0.1) is 6.10 Å². The summed E-state index contributed by atoms with van der Waals surface area (Å²) in [6, 6.07) is 0. The first-order valence-corrected chi connectivity index (χ1v) is 6.75. The van der Waals surface area contributed by atoms with E-state index in [0.717, 1.165) is 24.2 Å². The zero-order valence-electron chi connectivity index (χ0n) is 10.1. The third-order valence-electron chi connectivity index (χ3n) is 4.72. The molecule has 4 bridgehead atoms.